The molecule has 0 aliphatic rings. The maximum Gasteiger partial charge on any atom is 0.387 e. The lowest BCUT2D eigenvalue weighted by atomic mass is 10.0. The number of amides is 1. The molecule has 0 bridgehead atoms. The first-order chi connectivity index (χ1) is 10.3. The molecule has 1 aromatic rings. The molecule has 22 heavy (non-hydrogen) atoms. The number of carboxylic acid groups (broad SMARTS) is 1. The fourth-order valence-corrected chi connectivity index (χ4v) is 1.97. The van der Waals surface area contributed by atoms with Gasteiger partial charge in [-0.25, -0.2) is 4.79 Å². The summed E-state index contributed by atoms with van der Waals surface area (Å²) < 4.78 is 28.9. The highest BCUT2D eigenvalue weighted by atomic mass is 19.3. The Morgan fingerprint density at radius 1 is 1.27 bits per heavy atom. The summed E-state index contributed by atoms with van der Waals surface area (Å²) in [5.74, 6) is -1.68. The van der Waals surface area contributed by atoms with Crippen LogP contribution < -0.4 is 10.1 Å². The zero-order chi connectivity index (χ0) is 16.7. The fraction of sp³-hybridized carbons (Fsp3) is 0.467. The van der Waals surface area contributed by atoms with Gasteiger partial charge in [0.2, 0.25) is 5.91 Å². The number of para-hydroxylation sites is 1. The molecule has 0 unspecified atom stereocenters. The van der Waals surface area contributed by atoms with Gasteiger partial charge in [0.1, 0.15) is 11.8 Å². The Hall–Kier alpha value is -2.18. The number of aliphatic carboxylic acids is 1. The summed E-state index contributed by atoms with van der Waals surface area (Å²) >= 11 is 0. The lowest BCUT2D eigenvalue weighted by Crippen LogP contribution is -2.42. The number of hydrogen-bond donors (Lipinski definition) is 2. The molecule has 0 radical (unpaired) electrons. The van der Waals surface area contributed by atoms with E-state index in [9.17, 15) is 18.4 Å². The Labute approximate surface area is 127 Å². The number of carbonyl (C=O) groups excluding carboxylic acids is 1. The second-order valence-corrected chi connectivity index (χ2v) is 5.25. The van der Waals surface area contributed by atoms with Crippen molar-refractivity contribution in [2.45, 2.75) is 39.3 Å². The van der Waals surface area contributed by atoms with Crippen LogP contribution in [-0.2, 0) is 16.0 Å². The van der Waals surface area contributed by atoms with E-state index in [1.165, 1.54) is 18.2 Å². The first kappa shape index (κ1) is 17.9. The molecule has 0 aromatic heterocycles. The van der Waals surface area contributed by atoms with Gasteiger partial charge in [-0.05, 0) is 18.4 Å². The summed E-state index contributed by atoms with van der Waals surface area (Å²) in [5, 5.41) is 11.5. The molecule has 1 rings (SSSR count). The Kier molecular flexibility index (Phi) is 6.75. The van der Waals surface area contributed by atoms with Gasteiger partial charge in [-0.2, -0.15) is 8.78 Å². The van der Waals surface area contributed by atoms with Gasteiger partial charge < -0.3 is 15.2 Å². The molecule has 0 fully saturated rings. The van der Waals surface area contributed by atoms with Crippen LogP contribution >= 0.6 is 0 Å². The summed E-state index contributed by atoms with van der Waals surface area (Å²) in [4.78, 5) is 23.0. The SMILES string of the molecule is CC(C)C[C@H](NC(=O)Cc1ccccc1OC(F)F)C(=O)O. The van der Waals surface area contributed by atoms with Gasteiger partial charge in [0.05, 0.1) is 6.42 Å². The van der Waals surface area contributed by atoms with E-state index in [4.69, 9.17) is 5.11 Å². The third-order valence-electron chi connectivity index (χ3n) is 2.88. The van der Waals surface area contributed by atoms with E-state index in [-0.39, 0.29) is 30.1 Å². The monoisotopic (exact) mass is 315 g/mol. The van der Waals surface area contributed by atoms with Crippen LogP contribution in [0.5, 0.6) is 5.75 Å². The number of halogens is 2. The van der Waals surface area contributed by atoms with Crippen molar-refractivity contribution in [1.29, 1.82) is 0 Å². The number of ether oxygens (including phenoxy) is 1. The van der Waals surface area contributed by atoms with Crippen LogP contribution in [0.4, 0.5) is 8.78 Å². The van der Waals surface area contributed by atoms with Gasteiger partial charge in [-0.3, -0.25) is 4.79 Å². The molecule has 122 valence electrons. The van der Waals surface area contributed by atoms with E-state index >= 15 is 0 Å². The predicted octanol–water partition coefficient (Wildman–Crippen LogP) is 2.45. The van der Waals surface area contributed by atoms with E-state index in [0.717, 1.165) is 0 Å². The smallest absolute Gasteiger partial charge is 0.387 e. The van der Waals surface area contributed by atoms with Crippen LogP contribution in [0.15, 0.2) is 24.3 Å². The van der Waals surface area contributed by atoms with E-state index in [2.05, 4.69) is 10.1 Å². The van der Waals surface area contributed by atoms with Crippen molar-refractivity contribution >= 4 is 11.9 Å². The molecule has 0 aliphatic carbocycles. The zero-order valence-electron chi connectivity index (χ0n) is 12.4. The van der Waals surface area contributed by atoms with Gasteiger partial charge in [0.15, 0.2) is 0 Å². The molecule has 1 atom stereocenters. The van der Waals surface area contributed by atoms with Crippen molar-refractivity contribution in [3.05, 3.63) is 29.8 Å². The molecular formula is C15H19F2NO4. The zero-order valence-corrected chi connectivity index (χ0v) is 12.4. The average molecular weight is 315 g/mol. The van der Waals surface area contributed by atoms with Gasteiger partial charge in [-0.15, -0.1) is 0 Å². The van der Waals surface area contributed by atoms with Crippen molar-refractivity contribution in [1.82, 2.24) is 5.32 Å². The van der Waals surface area contributed by atoms with E-state index < -0.39 is 24.5 Å². The Bertz CT molecular complexity index is 520. The molecule has 0 aliphatic heterocycles. The normalized spacial score (nSPS) is 12.3. The summed E-state index contributed by atoms with van der Waals surface area (Å²) in [6, 6.07) is 4.91. The van der Waals surface area contributed by atoms with Crippen LogP contribution in [0.2, 0.25) is 0 Å². The standard InChI is InChI=1S/C15H19F2NO4/c1-9(2)7-11(14(20)21)18-13(19)8-10-5-3-4-6-12(10)22-15(16)17/h3-6,9,11,15H,7-8H2,1-2H3,(H,18,19)(H,20,21)/t11-/m0/s1. The number of nitrogens with one attached hydrogen (secondary N) is 1. The largest absolute Gasteiger partial charge is 0.480 e. The third-order valence-corrected chi connectivity index (χ3v) is 2.88. The quantitative estimate of drug-likeness (QED) is 0.772. The highest BCUT2D eigenvalue weighted by Crippen LogP contribution is 2.20. The van der Waals surface area contributed by atoms with E-state index in [1.807, 2.05) is 13.8 Å². The van der Waals surface area contributed by atoms with Crippen LogP contribution in [-0.4, -0.2) is 29.6 Å². The van der Waals surface area contributed by atoms with Gasteiger partial charge >= 0.3 is 12.6 Å². The molecule has 7 heteroatoms. The summed E-state index contributed by atoms with van der Waals surface area (Å²) in [6.07, 6.45) is 0.0566. The number of carbonyl (C=O) groups is 2. The lowest BCUT2D eigenvalue weighted by molar-refractivity contribution is -0.142. The average Bonchev–Trinajstić information content (AvgIpc) is 2.39. The topological polar surface area (TPSA) is 75.6 Å². The van der Waals surface area contributed by atoms with E-state index in [1.54, 1.807) is 6.07 Å². The number of hydrogen-bond acceptors (Lipinski definition) is 3. The minimum absolute atomic E-state index is 0.0934. The Morgan fingerprint density at radius 3 is 2.45 bits per heavy atom. The molecular weight excluding hydrogens is 296 g/mol. The van der Waals surface area contributed by atoms with Crippen LogP contribution in [0.1, 0.15) is 25.8 Å². The number of alkyl halides is 2. The highest BCUT2D eigenvalue weighted by molar-refractivity contribution is 5.85. The molecule has 0 saturated heterocycles. The lowest BCUT2D eigenvalue weighted by Gasteiger charge is -2.17. The van der Waals surface area contributed by atoms with Crippen LogP contribution in [0.25, 0.3) is 0 Å². The maximum atomic E-state index is 12.3. The minimum Gasteiger partial charge on any atom is -0.480 e. The van der Waals surface area contributed by atoms with Crippen molar-refractivity contribution in [2.24, 2.45) is 5.92 Å². The predicted molar refractivity (Wildman–Crippen MR) is 75.8 cm³/mol. The molecule has 1 aromatic carbocycles. The van der Waals surface area contributed by atoms with Crippen LogP contribution in [0, 0.1) is 5.92 Å². The molecule has 2 N–H and O–H groups in total. The molecule has 0 saturated carbocycles. The van der Waals surface area contributed by atoms with Gasteiger partial charge in [-0.1, -0.05) is 32.0 Å². The van der Waals surface area contributed by atoms with Gasteiger partial charge in [0, 0.05) is 5.56 Å². The second kappa shape index (κ2) is 8.31. The minimum atomic E-state index is -2.99. The summed E-state index contributed by atoms with van der Waals surface area (Å²) in [5.41, 5.74) is 0.272. The molecule has 1 amide bonds. The highest BCUT2D eigenvalue weighted by Gasteiger charge is 2.22. The first-order valence-corrected chi connectivity index (χ1v) is 6.84. The van der Waals surface area contributed by atoms with Crippen molar-refractivity contribution in [3.8, 4) is 5.75 Å². The first-order valence-electron chi connectivity index (χ1n) is 6.84. The number of benzene rings is 1. The fourth-order valence-electron chi connectivity index (χ4n) is 1.97. The Morgan fingerprint density at radius 2 is 1.91 bits per heavy atom. The van der Waals surface area contributed by atoms with Crippen molar-refractivity contribution in [2.75, 3.05) is 0 Å². The van der Waals surface area contributed by atoms with Crippen molar-refractivity contribution < 1.29 is 28.2 Å². The summed E-state index contributed by atoms with van der Waals surface area (Å²) in [6.45, 7) is 0.693. The molecule has 0 spiro atoms. The molecule has 5 nitrogen and oxygen atoms in total. The third kappa shape index (κ3) is 6.07. The van der Waals surface area contributed by atoms with Crippen LogP contribution in [0.3, 0.4) is 0 Å². The maximum absolute atomic E-state index is 12.3. The number of rotatable bonds is 8. The van der Waals surface area contributed by atoms with E-state index in [0.29, 0.717) is 0 Å². The number of carboxylic acids is 1. The van der Waals surface area contributed by atoms with Gasteiger partial charge in [0.25, 0.3) is 0 Å². The molecule has 0 heterocycles. The second-order valence-electron chi connectivity index (χ2n) is 5.25. The Balaban J connectivity index is 2.73. The summed E-state index contributed by atoms with van der Waals surface area (Å²) in [7, 11) is 0. The van der Waals surface area contributed by atoms with Crippen molar-refractivity contribution in [3.63, 3.8) is 0 Å².